The number of rotatable bonds is 6. The molecule has 2 amide bonds. The predicted octanol–water partition coefficient (Wildman–Crippen LogP) is 4.11. The first-order valence-electron chi connectivity index (χ1n) is 9.00. The molecule has 0 saturated heterocycles. The molecule has 3 aromatic carbocycles. The van der Waals surface area contributed by atoms with E-state index in [4.69, 9.17) is 0 Å². The fourth-order valence-corrected chi connectivity index (χ4v) is 2.85. The molecule has 1 atom stereocenters. The summed E-state index contributed by atoms with van der Waals surface area (Å²) in [4.78, 5) is 25.5. The number of benzene rings is 3. The molecule has 0 saturated carbocycles. The third kappa shape index (κ3) is 4.82. The molecule has 4 nitrogen and oxygen atoms in total. The Labute approximate surface area is 163 Å². The van der Waals surface area contributed by atoms with Gasteiger partial charge in [-0.25, -0.2) is 4.39 Å². The molecule has 0 heterocycles. The van der Waals surface area contributed by atoms with E-state index in [1.54, 1.807) is 37.3 Å². The first kappa shape index (κ1) is 19.3. The highest BCUT2D eigenvalue weighted by Gasteiger charge is 2.23. The molecule has 0 aliphatic heterocycles. The number of carbonyl (C=O) groups excluding carboxylic acids is 2. The molecule has 3 aromatic rings. The summed E-state index contributed by atoms with van der Waals surface area (Å²) >= 11 is 0. The van der Waals surface area contributed by atoms with E-state index in [9.17, 15) is 14.0 Å². The SMILES string of the molecule is Cc1c(F)cccc1NC(=O)[C@@H](Cc1ccccc1)NC(=O)c1ccccc1. The average Bonchev–Trinajstić information content (AvgIpc) is 2.72. The van der Waals surface area contributed by atoms with Gasteiger partial charge in [-0.05, 0) is 36.8 Å². The number of halogens is 1. The van der Waals surface area contributed by atoms with Gasteiger partial charge in [0.1, 0.15) is 11.9 Å². The third-order valence-electron chi connectivity index (χ3n) is 4.47. The highest BCUT2D eigenvalue weighted by molar-refractivity contribution is 6.01. The van der Waals surface area contributed by atoms with Gasteiger partial charge in [-0.3, -0.25) is 9.59 Å². The monoisotopic (exact) mass is 376 g/mol. The fraction of sp³-hybridized carbons (Fsp3) is 0.130. The molecule has 0 bridgehead atoms. The number of amides is 2. The fourth-order valence-electron chi connectivity index (χ4n) is 2.85. The van der Waals surface area contributed by atoms with Crippen LogP contribution in [-0.4, -0.2) is 17.9 Å². The van der Waals surface area contributed by atoms with Gasteiger partial charge in [0.15, 0.2) is 0 Å². The van der Waals surface area contributed by atoms with Crippen LogP contribution in [0.2, 0.25) is 0 Å². The van der Waals surface area contributed by atoms with E-state index in [1.807, 2.05) is 36.4 Å². The van der Waals surface area contributed by atoms with E-state index < -0.39 is 17.8 Å². The molecule has 28 heavy (non-hydrogen) atoms. The van der Waals surface area contributed by atoms with E-state index >= 15 is 0 Å². The van der Waals surface area contributed by atoms with Crippen molar-refractivity contribution in [1.29, 1.82) is 0 Å². The summed E-state index contributed by atoms with van der Waals surface area (Å²) in [6.45, 7) is 1.60. The zero-order chi connectivity index (χ0) is 19.9. The Morgan fingerprint density at radius 2 is 1.54 bits per heavy atom. The molecule has 0 aliphatic rings. The summed E-state index contributed by atoms with van der Waals surface area (Å²) in [5.74, 6) is -1.14. The molecule has 5 heteroatoms. The summed E-state index contributed by atoms with van der Waals surface area (Å²) in [6, 6.07) is 21.8. The van der Waals surface area contributed by atoms with Crippen molar-refractivity contribution < 1.29 is 14.0 Å². The first-order chi connectivity index (χ1) is 13.5. The van der Waals surface area contributed by atoms with Crippen LogP contribution in [0.15, 0.2) is 78.9 Å². The highest BCUT2D eigenvalue weighted by Crippen LogP contribution is 2.18. The summed E-state index contributed by atoms with van der Waals surface area (Å²) in [6.07, 6.45) is 0.319. The van der Waals surface area contributed by atoms with Gasteiger partial charge >= 0.3 is 0 Å². The maximum atomic E-state index is 13.8. The Bertz CT molecular complexity index is 959. The molecular weight excluding hydrogens is 355 g/mol. The smallest absolute Gasteiger partial charge is 0.251 e. The van der Waals surface area contributed by atoms with Crippen LogP contribution >= 0.6 is 0 Å². The van der Waals surface area contributed by atoms with Crippen LogP contribution < -0.4 is 10.6 Å². The Hall–Kier alpha value is -3.47. The third-order valence-corrected chi connectivity index (χ3v) is 4.47. The van der Waals surface area contributed by atoms with Crippen molar-refractivity contribution in [2.75, 3.05) is 5.32 Å². The minimum atomic E-state index is -0.808. The normalized spacial score (nSPS) is 11.5. The minimum absolute atomic E-state index is 0.319. The number of hydrogen-bond acceptors (Lipinski definition) is 2. The van der Waals surface area contributed by atoms with Crippen molar-refractivity contribution in [3.05, 3.63) is 101 Å². The van der Waals surface area contributed by atoms with Crippen molar-refractivity contribution in [3.63, 3.8) is 0 Å². The lowest BCUT2D eigenvalue weighted by Crippen LogP contribution is -2.45. The Balaban J connectivity index is 1.81. The molecule has 0 aliphatic carbocycles. The van der Waals surface area contributed by atoms with Crippen molar-refractivity contribution in [3.8, 4) is 0 Å². The lowest BCUT2D eigenvalue weighted by Gasteiger charge is -2.19. The van der Waals surface area contributed by atoms with Gasteiger partial charge in [-0.15, -0.1) is 0 Å². The topological polar surface area (TPSA) is 58.2 Å². The lowest BCUT2D eigenvalue weighted by molar-refractivity contribution is -0.118. The number of carbonyl (C=O) groups is 2. The van der Waals surface area contributed by atoms with Gasteiger partial charge in [0.25, 0.3) is 5.91 Å². The second-order valence-electron chi connectivity index (χ2n) is 6.48. The summed E-state index contributed by atoms with van der Waals surface area (Å²) in [5, 5.41) is 5.53. The average molecular weight is 376 g/mol. The quantitative estimate of drug-likeness (QED) is 0.680. The second kappa shape index (κ2) is 8.95. The summed E-state index contributed by atoms with van der Waals surface area (Å²) < 4.78 is 13.8. The van der Waals surface area contributed by atoms with E-state index in [-0.39, 0.29) is 5.91 Å². The van der Waals surface area contributed by atoms with Crippen LogP contribution in [0, 0.1) is 12.7 Å². The molecule has 0 spiro atoms. The minimum Gasteiger partial charge on any atom is -0.340 e. The maximum absolute atomic E-state index is 13.8. The van der Waals surface area contributed by atoms with Gasteiger partial charge in [0.2, 0.25) is 5.91 Å². The maximum Gasteiger partial charge on any atom is 0.251 e. The second-order valence-corrected chi connectivity index (χ2v) is 6.48. The lowest BCUT2D eigenvalue weighted by atomic mass is 10.0. The largest absolute Gasteiger partial charge is 0.340 e. The predicted molar refractivity (Wildman–Crippen MR) is 108 cm³/mol. The zero-order valence-electron chi connectivity index (χ0n) is 15.5. The van der Waals surface area contributed by atoms with Crippen LogP contribution in [0.5, 0.6) is 0 Å². The van der Waals surface area contributed by atoms with Crippen LogP contribution in [0.1, 0.15) is 21.5 Å². The molecule has 0 fully saturated rings. The molecule has 0 unspecified atom stereocenters. The van der Waals surface area contributed by atoms with Crippen molar-refractivity contribution >= 4 is 17.5 Å². The Kier molecular flexibility index (Phi) is 6.17. The number of hydrogen-bond donors (Lipinski definition) is 2. The van der Waals surface area contributed by atoms with Gasteiger partial charge in [-0.1, -0.05) is 54.6 Å². The van der Waals surface area contributed by atoms with Crippen molar-refractivity contribution in [2.24, 2.45) is 0 Å². The molecular formula is C23H21FN2O2. The Morgan fingerprint density at radius 3 is 2.21 bits per heavy atom. The summed E-state index contributed by atoms with van der Waals surface area (Å²) in [7, 11) is 0. The standard InChI is InChI=1S/C23H21FN2O2/c1-16-19(24)13-8-14-20(16)25-23(28)21(15-17-9-4-2-5-10-17)26-22(27)18-11-6-3-7-12-18/h2-14,21H,15H2,1H3,(H,25,28)(H,26,27)/t21-/m1/s1. The molecule has 3 rings (SSSR count). The zero-order valence-corrected chi connectivity index (χ0v) is 15.5. The van der Waals surface area contributed by atoms with Gasteiger partial charge in [0.05, 0.1) is 0 Å². The first-order valence-corrected chi connectivity index (χ1v) is 9.00. The molecule has 142 valence electrons. The van der Waals surface area contributed by atoms with Crippen LogP contribution in [0.4, 0.5) is 10.1 Å². The van der Waals surface area contributed by atoms with E-state index in [0.29, 0.717) is 23.2 Å². The van der Waals surface area contributed by atoms with E-state index in [2.05, 4.69) is 10.6 Å². The van der Waals surface area contributed by atoms with Gasteiger partial charge < -0.3 is 10.6 Å². The highest BCUT2D eigenvalue weighted by atomic mass is 19.1. The van der Waals surface area contributed by atoms with Crippen LogP contribution in [-0.2, 0) is 11.2 Å². The molecule has 0 aromatic heterocycles. The van der Waals surface area contributed by atoms with Gasteiger partial charge in [-0.2, -0.15) is 0 Å². The van der Waals surface area contributed by atoms with E-state index in [0.717, 1.165) is 5.56 Å². The summed E-state index contributed by atoms with van der Waals surface area (Å²) in [5.41, 5.74) is 2.11. The van der Waals surface area contributed by atoms with Crippen molar-refractivity contribution in [2.45, 2.75) is 19.4 Å². The Morgan fingerprint density at radius 1 is 0.893 bits per heavy atom. The van der Waals surface area contributed by atoms with Crippen LogP contribution in [0.25, 0.3) is 0 Å². The molecule has 0 radical (unpaired) electrons. The van der Waals surface area contributed by atoms with Crippen molar-refractivity contribution in [1.82, 2.24) is 5.32 Å². The number of anilines is 1. The molecule has 2 N–H and O–H groups in total. The number of nitrogens with one attached hydrogen (secondary N) is 2. The van der Waals surface area contributed by atoms with Gasteiger partial charge in [0, 0.05) is 23.2 Å². The van der Waals surface area contributed by atoms with Crippen LogP contribution in [0.3, 0.4) is 0 Å². The van der Waals surface area contributed by atoms with E-state index in [1.165, 1.54) is 12.1 Å².